The summed E-state index contributed by atoms with van der Waals surface area (Å²) in [6.07, 6.45) is 0.136. The number of rotatable bonds is 3. The first-order chi connectivity index (χ1) is 10.5. The number of carbonyl (C=O) groups is 1. The molecule has 10 heteroatoms. The normalized spacial score (nSPS) is 15.5. The molecular weight excluding hydrogens is 322 g/mol. The van der Waals surface area contributed by atoms with Crippen molar-refractivity contribution in [1.82, 2.24) is 19.4 Å². The Morgan fingerprint density at radius 1 is 1.39 bits per heavy atom. The summed E-state index contributed by atoms with van der Waals surface area (Å²) >= 11 is 0. The number of fused-ring (bicyclic) bond motifs is 1. The number of anilines is 1. The van der Waals surface area contributed by atoms with E-state index in [1.165, 1.54) is 19.0 Å². The van der Waals surface area contributed by atoms with Gasteiger partial charge in [0.2, 0.25) is 0 Å². The fourth-order valence-corrected chi connectivity index (χ4v) is 2.67. The third kappa shape index (κ3) is 4.14. The van der Waals surface area contributed by atoms with E-state index in [1.807, 2.05) is 0 Å². The smallest absolute Gasteiger partial charge is 0.410 e. The first kappa shape index (κ1) is 17.5. The molecule has 0 atom stereocenters. The number of carbonyl (C=O) groups excluding carboxylic acids is 1. The van der Waals surface area contributed by atoms with Crippen LogP contribution < -0.4 is 4.72 Å². The Bertz CT molecular complexity index is 690. The number of nitrogens with one attached hydrogen (secondary N) is 2. The average Bonchev–Trinajstić information content (AvgIpc) is 2.78. The van der Waals surface area contributed by atoms with Gasteiger partial charge in [0, 0.05) is 38.3 Å². The first-order valence-electron chi connectivity index (χ1n) is 7.24. The summed E-state index contributed by atoms with van der Waals surface area (Å²) in [5.74, 6) is 0.210. The van der Waals surface area contributed by atoms with E-state index in [4.69, 9.17) is 4.74 Å². The molecule has 130 valence electrons. The molecule has 0 saturated heterocycles. The zero-order valence-corrected chi connectivity index (χ0v) is 14.8. The van der Waals surface area contributed by atoms with Gasteiger partial charge in [-0.2, -0.15) is 17.8 Å². The summed E-state index contributed by atoms with van der Waals surface area (Å²) in [6.45, 7) is 6.13. The maximum atomic E-state index is 12.2. The van der Waals surface area contributed by atoms with Crippen LogP contribution >= 0.6 is 0 Å². The number of aromatic amines is 1. The van der Waals surface area contributed by atoms with Gasteiger partial charge in [-0.1, -0.05) is 0 Å². The lowest BCUT2D eigenvalue weighted by molar-refractivity contribution is 0.0224. The molecule has 0 bridgehead atoms. The minimum absolute atomic E-state index is 0.210. The maximum absolute atomic E-state index is 12.2. The van der Waals surface area contributed by atoms with E-state index in [-0.39, 0.29) is 12.4 Å². The first-order valence-corrected chi connectivity index (χ1v) is 8.68. The largest absolute Gasteiger partial charge is 0.444 e. The second-order valence-electron chi connectivity index (χ2n) is 6.57. The molecule has 1 aliphatic rings. The van der Waals surface area contributed by atoms with Gasteiger partial charge in [0.25, 0.3) is 0 Å². The van der Waals surface area contributed by atoms with E-state index in [0.29, 0.717) is 18.5 Å². The highest BCUT2D eigenvalue weighted by Crippen LogP contribution is 2.26. The van der Waals surface area contributed by atoms with E-state index in [9.17, 15) is 13.2 Å². The zero-order valence-electron chi connectivity index (χ0n) is 14.0. The Hall–Kier alpha value is -1.81. The third-order valence-corrected chi connectivity index (χ3v) is 4.70. The van der Waals surface area contributed by atoms with Gasteiger partial charge in [-0.3, -0.25) is 9.82 Å². The van der Waals surface area contributed by atoms with Crippen molar-refractivity contribution < 1.29 is 17.9 Å². The van der Waals surface area contributed by atoms with Gasteiger partial charge in [0.15, 0.2) is 5.82 Å². The van der Waals surface area contributed by atoms with Crippen LogP contribution in [-0.4, -0.2) is 60.2 Å². The van der Waals surface area contributed by atoms with Gasteiger partial charge in [0.05, 0.1) is 6.54 Å². The number of nitrogens with zero attached hydrogens (tertiary/aromatic N) is 3. The van der Waals surface area contributed by atoms with Crippen molar-refractivity contribution >= 4 is 22.1 Å². The van der Waals surface area contributed by atoms with E-state index in [2.05, 4.69) is 14.9 Å². The van der Waals surface area contributed by atoms with E-state index < -0.39 is 21.9 Å². The van der Waals surface area contributed by atoms with Crippen LogP contribution in [-0.2, 0) is 27.9 Å². The van der Waals surface area contributed by atoms with E-state index in [0.717, 1.165) is 10.00 Å². The molecule has 23 heavy (non-hydrogen) atoms. The maximum Gasteiger partial charge on any atom is 0.410 e. The highest BCUT2D eigenvalue weighted by molar-refractivity contribution is 7.90. The van der Waals surface area contributed by atoms with Crippen LogP contribution in [0.1, 0.15) is 32.0 Å². The van der Waals surface area contributed by atoms with Crippen molar-refractivity contribution in [2.24, 2.45) is 0 Å². The Morgan fingerprint density at radius 3 is 2.61 bits per heavy atom. The van der Waals surface area contributed by atoms with Crippen molar-refractivity contribution in [3.05, 3.63) is 11.3 Å². The Morgan fingerprint density at radius 2 is 2.04 bits per heavy atom. The SMILES string of the molecule is CN(C)S(=O)(=O)Nc1n[nH]c2c1CN(C(=O)OC(C)(C)C)CC2. The number of aromatic nitrogens is 2. The van der Waals surface area contributed by atoms with Crippen molar-refractivity contribution in [3.8, 4) is 0 Å². The number of hydrogen-bond donors (Lipinski definition) is 2. The standard InChI is InChI=1S/C13H23N5O4S/c1-13(2,3)22-12(19)18-7-6-10-9(8-18)11(15-14-10)16-23(20,21)17(4)5/h6-8H2,1-5H3,(H2,14,15,16). The molecule has 0 unspecified atom stereocenters. The second-order valence-corrected chi connectivity index (χ2v) is 8.46. The minimum Gasteiger partial charge on any atom is -0.444 e. The van der Waals surface area contributed by atoms with Gasteiger partial charge in [-0.25, -0.2) is 4.79 Å². The van der Waals surface area contributed by atoms with Crippen molar-refractivity contribution in [1.29, 1.82) is 0 Å². The number of amides is 1. The third-order valence-electron chi connectivity index (χ3n) is 3.29. The summed E-state index contributed by atoms with van der Waals surface area (Å²) in [5.41, 5.74) is 0.900. The molecule has 1 aromatic rings. The van der Waals surface area contributed by atoms with Crippen LogP contribution in [0.4, 0.5) is 10.6 Å². The van der Waals surface area contributed by atoms with Gasteiger partial charge >= 0.3 is 16.3 Å². The Kier molecular flexibility index (Phi) is 4.58. The molecule has 0 aliphatic carbocycles. The van der Waals surface area contributed by atoms with Gasteiger partial charge < -0.3 is 9.64 Å². The van der Waals surface area contributed by atoms with Crippen LogP contribution in [0.25, 0.3) is 0 Å². The van der Waals surface area contributed by atoms with Crippen LogP contribution in [0.15, 0.2) is 0 Å². The van der Waals surface area contributed by atoms with Crippen molar-refractivity contribution in [2.75, 3.05) is 25.4 Å². The Labute approximate surface area is 136 Å². The fraction of sp³-hybridized carbons (Fsp3) is 0.692. The topological polar surface area (TPSA) is 108 Å². The van der Waals surface area contributed by atoms with E-state index in [1.54, 1.807) is 20.8 Å². The summed E-state index contributed by atoms with van der Waals surface area (Å²) in [5, 5.41) is 6.83. The molecule has 0 saturated carbocycles. The summed E-state index contributed by atoms with van der Waals surface area (Å²) in [4.78, 5) is 13.7. The van der Waals surface area contributed by atoms with Crippen molar-refractivity contribution in [2.45, 2.75) is 39.3 Å². The lowest BCUT2D eigenvalue weighted by atomic mass is 10.1. The lowest BCUT2D eigenvalue weighted by Gasteiger charge is -2.30. The molecule has 0 fully saturated rings. The van der Waals surface area contributed by atoms with Crippen LogP contribution in [0, 0.1) is 0 Å². The Balaban J connectivity index is 2.17. The molecule has 1 aromatic heterocycles. The molecule has 1 amide bonds. The lowest BCUT2D eigenvalue weighted by Crippen LogP contribution is -2.40. The number of H-pyrrole nitrogens is 1. The van der Waals surface area contributed by atoms with Crippen LogP contribution in [0.5, 0.6) is 0 Å². The molecule has 2 heterocycles. The van der Waals surface area contributed by atoms with Gasteiger partial charge in [-0.15, -0.1) is 0 Å². The molecule has 1 aliphatic heterocycles. The van der Waals surface area contributed by atoms with Gasteiger partial charge in [-0.05, 0) is 20.8 Å². The summed E-state index contributed by atoms with van der Waals surface area (Å²) < 4.78 is 32.7. The summed E-state index contributed by atoms with van der Waals surface area (Å²) in [6, 6.07) is 0. The molecular formula is C13H23N5O4S. The predicted octanol–water partition coefficient (Wildman–Crippen LogP) is 0.921. The molecule has 0 radical (unpaired) electrons. The minimum atomic E-state index is -3.66. The average molecular weight is 345 g/mol. The van der Waals surface area contributed by atoms with Crippen molar-refractivity contribution in [3.63, 3.8) is 0 Å². The molecule has 2 rings (SSSR count). The van der Waals surface area contributed by atoms with Gasteiger partial charge in [0.1, 0.15) is 5.60 Å². The van der Waals surface area contributed by atoms with Crippen LogP contribution in [0.3, 0.4) is 0 Å². The molecule has 9 nitrogen and oxygen atoms in total. The quantitative estimate of drug-likeness (QED) is 0.847. The molecule has 2 N–H and O–H groups in total. The second kappa shape index (κ2) is 6.00. The van der Waals surface area contributed by atoms with E-state index >= 15 is 0 Å². The summed E-state index contributed by atoms with van der Waals surface area (Å²) in [7, 11) is -0.805. The fourth-order valence-electron chi connectivity index (χ4n) is 2.08. The highest BCUT2D eigenvalue weighted by Gasteiger charge is 2.29. The number of ether oxygens (including phenoxy) is 1. The number of hydrogen-bond acceptors (Lipinski definition) is 5. The zero-order chi connectivity index (χ0) is 17.4. The molecule has 0 aromatic carbocycles. The monoisotopic (exact) mass is 345 g/mol. The molecule has 0 spiro atoms. The van der Waals surface area contributed by atoms with Crippen LogP contribution in [0.2, 0.25) is 0 Å². The highest BCUT2D eigenvalue weighted by atomic mass is 32.2. The predicted molar refractivity (Wildman–Crippen MR) is 85.2 cm³/mol.